The lowest BCUT2D eigenvalue weighted by Crippen LogP contribution is -1.98. The second-order valence-corrected chi connectivity index (χ2v) is 3.02. The van der Waals surface area contributed by atoms with E-state index < -0.39 is 5.97 Å². The van der Waals surface area contributed by atoms with Gasteiger partial charge in [0.05, 0.1) is 12.2 Å². The third-order valence-electron chi connectivity index (χ3n) is 1.88. The van der Waals surface area contributed by atoms with E-state index in [1.54, 1.807) is 13.0 Å². The van der Waals surface area contributed by atoms with Crippen molar-refractivity contribution in [3.8, 4) is 5.75 Å². The van der Waals surface area contributed by atoms with Crippen LogP contribution in [0.5, 0.6) is 5.75 Å². The van der Waals surface area contributed by atoms with Crippen LogP contribution in [0.15, 0.2) is 24.3 Å². The summed E-state index contributed by atoms with van der Waals surface area (Å²) in [6.45, 7) is 2.04. The predicted molar refractivity (Wildman–Crippen MR) is 59.2 cm³/mol. The van der Waals surface area contributed by atoms with E-state index >= 15 is 0 Å². The molecule has 0 amide bonds. The highest BCUT2D eigenvalue weighted by molar-refractivity contribution is 5.88. The van der Waals surface area contributed by atoms with Crippen molar-refractivity contribution in [1.82, 2.24) is 0 Å². The highest BCUT2D eigenvalue weighted by Crippen LogP contribution is 2.17. The molecule has 0 aliphatic carbocycles. The van der Waals surface area contributed by atoms with Crippen LogP contribution in [0.2, 0.25) is 0 Å². The molecule has 0 aliphatic heterocycles. The Morgan fingerprint density at radius 3 is 2.88 bits per heavy atom. The lowest BCUT2D eigenvalue weighted by molar-refractivity contribution is -0.137. The summed E-state index contributed by atoms with van der Waals surface area (Å²) < 4.78 is 4.70. The fourth-order valence-electron chi connectivity index (χ4n) is 1.13. The average molecular weight is 220 g/mol. The summed E-state index contributed by atoms with van der Waals surface area (Å²) in [6, 6.07) is 4.48. The maximum atomic E-state index is 11.0. The maximum Gasteiger partial charge on any atom is 0.330 e. The zero-order valence-corrected chi connectivity index (χ0v) is 8.84. The van der Waals surface area contributed by atoms with Crippen LogP contribution in [0.1, 0.15) is 22.8 Å². The molecule has 1 aromatic carbocycles. The molecule has 0 bridgehead atoms. The van der Waals surface area contributed by atoms with Gasteiger partial charge in [-0.3, -0.25) is 4.79 Å². The first-order valence-electron chi connectivity index (χ1n) is 4.80. The van der Waals surface area contributed by atoms with Crippen LogP contribution in [-0.2, 0) is 9.53 Å². The van der Waals surface area contributed by atoms with Crippen LogP contribution in [0.4, 0.5) is 0 Å². The zero-order chi connectivity index (χ0) is 12.0. The van der Waals surface area contributed by atoms with Gasteiger partial charge in [-0.15, -0.1) is 0 Å². The summed E-state index contributed by atoms with van der Waals surface area (Å²) in [6.07, 6.45) is 3.34. The molecule has 0 fully saturated rings. The summed E-state index contributed by atoms with van der Waals surface area (Å²) in [4.78, 5) is 21.6. The Morgan fingerprint density at radius 1 is 1.50 bits per heavy atom. The standard InChI is InChI=1S/C12H12O4/c1-2-16-12(15)6-4-9-3-5-11(14)10(7-9)8-13/h3-8,14H,2H2,1H3/b6-4+. The summed E-state index contributed by atoms with van der Waals surface area (Å²) in [5.74, 6) is -0.522. The predicted octanol–water partition coefficient (Wildman–Crippen LogP) is 1.78. The van der Waals surface area contributed by atoms with Gasteiger partial charge in [0, 0.05) is 6.08 Å². The van der Waals surface area contributed by atoms with Gasteiger partial charge in [0.25, 0.3) is 0 Å². The minimum atomic E-state index is -0.441. The Kier molecular flexibility index (Phi) is 4.27. The molecule has 0 saturated carbocycles. The Bertz CT molecular complexity index is 421. The molecule has 84 valence electrons. The number of aromatic hydroxyl groups is 1. The Labute approximate surface area is 93.2 Å². The summed E-state index contributed by atoms with van der Waals surface area (Å²) in [5.41, 5.74) is 0.832. The van der Waals surface area contributed by atoms with Crippen LogP contribution in [0, 0.1) is 0 Å². The smallest absolute Gasteiger partial charge is 0.330 e. The molecule has 4 heteroatoms. The summed E-state index contributed by atoms with van der Waals surface area (Å²) in [7, 11) is 0. The number of carbonyl (C=O) groups is 2. The number of hydrogen-bond donors (Lipinski definition) is 1. The minimum absolute atomic E-state index is 0.0803. The molecule has 0 atom stereocenters. The van der Waals surface area contributed by atoms with Crippen LogP contribution in [0.3, 0.4) is 0 Å². The molecule has 1 N–H and O–H groups in total. The second kappa shape index (κ2) is 5.70. The third-order valence-corrected chi connectivity index (χ3v) is 1.88. The monoisotopic (exact) mass is 220 g/mol. The summed E-state index contributed by atoms with van der Waals surface area (Å²) >= 11 is 0. The van der Waals surface area contributed by atoms with Gasteiger partial charge in [-0.1, -0.05) is 6.07 Å². The Balaban J connectivity index is 2.82. The molecular formula is C12H12O4. The number of carbonyl (C=O) groups excluding carboxylic acids is 2. The van der Waals surface area contributed by atoms with Crippen molar-refractivity contribution < 1.29 is 19.4 Å². The number of phenols is 1. The molecule has 1 aromatic rings. The van der Waals surface area contributed by atoms with Crippen molar-refractivity contribution in [2.75, 3.05) is 6.61 Å². The molecule has 0 unspecified atom stereocenters. The van der Waals surface area contributed by atoms with Crippen molar-refractivity contribution in [2.24, 2.45) is 0 Å². The lowest BCUT2D eigenvalue weighted by Gasteiger charge is -1.99. The molecule has 0 saturated heterocycles. The van der Waals surface area contributed by atoms with E-state index in [-0.39, 0.29) is 11.3 Å². The fraction of sp³-hybridized carbons (Fsp3) is 0.167. The van der Waals surface area contributed by atoms with Crippen molar-refractivity contribution in [1.29, 1.82) is 0 Å². The number of aldehydes is 1. The van der Waals surface area contributed by atoms with E-state index in [1.807, 2.05) is 0 Å². The second-order valence-electron chi connectivity index (χ2n) is 3.02. The van der Waals surface area contributed by atoms with E-state index in [0.717, 1.165) is 0 Å². The number of rotatable bonds is 4. The quantitative estimate of drug-likeness (QED) is 0.477. The first kappa shape index (κ1) is 12.0. The van der Waals surface area contributed by atoms with Crippen molar-refractivity contribution in [3.05, 3.63) is 35.4 Å². The highest BCUT2D eigenvalue weighted by Gasteiger charge is 2.00. The molecule has 16 heavy (non-hydrogen) atoms. The fourth-order valence-corrected chi connectivity index (χ4v) is 1.13. The van der Waals surface area contributed by atoms with Crippen LogP contribution in [-0.4, -0.2) is 24.0 Å². The van der Waals surface area contributed by atoms with Gasteiger partial charge >= 0.3 is 5.97 Å². The normalized spacial score (nSPS) is 10.3. The van der Waals surface area contributed by atoms with Crippen LogP contribution in [0.25, 0.3) is 6.08 Å². The number of hydrogen-bond acceptors (Lipinski definition) is 4. The number of esters is 1. The topological polar surface area (TPSA) is 63.6 Å². The number of ether oxygens (including phenoxy) is 1. The van der Waals surface area contributed by atoms with Crippen molar-refractivity contribution in [3.63, 3.8) is 0 Å². The van der Waals surface area contributed by atoms with E-state index in [0.29, 0.717) is 18.5 Å². The first-order valence-corrected chi connectivity index (χ1v) is 4.80. The first-order chi connectivity index (χ1) is 7.67. The van der Waals surface area contributed by atoms with Gasteiger partial charge in [-0.25, -0.2) is 4.79 Å². The van der Waals surface area contributed by atoms with Gasteiger partial charge in [0.1, 0.15) is 5.75 Å². The number of benzene rings is 1. The molecule has 4 nitrogen and oxygen atoms in total. The molecule has 0 heterocycles. The van der Waals surface area contributed by atoms with Crippen LogP contribution < -0.4 is 0 Å². The van der Waals surface area contributed by atoms with Gasteiger partial charge in [-0.05, 0) is 30.7 Å². The molecule has 0 spiro atoms. The van der Waals surface area contributed by atoms with Crippen LogP contribution >= 0.6 is 0 Å². The molecule has 0 aromatic heterocycles. The van der Waals surface area contributed by atoms with Gasteiger partial charge in [0.15, 0.2) is 6.29 Å². The van der Waals surface area contributed by atoms with Crippen molar-refractivity contribution >= 4 is 18.3 Å². The SMILES string of the molecule is CCOC(=O)/C=C/c1ccc(O)c(C=O)c1. The highest BCUT2D eigenvalue weighted by atomic mass is 16.5. The molecule has 1 rings (SSSR count). The number of phenolic OH excluding ortho intramolecular Hbond substituents is 1. The van der Waals surface area contributed by atoms with E-state index in [1.165, 1.54) is 24.3 Å². The minimum Gasteiger partial charge on any atom is -0.507 e. The zero-order valence-electron chi connectivity index (χ0n) is 8.84. The largest absolute Gasteiger partial charge is 0.507 e. The van der Waals surface area contributed by atoms with E-state index in [9.17, 15) is 14.7 Å². The average Bonchev–Trinajstić information content (AvgIpc) is 2.28. The third kappa shape index (κ3) is 3.24. The lowest BCUT2D eigenvalue weighted by atomic mass is 10.1. The maximum absolute atomic E-state index is 11.0. The Morgan fingerprint density at radius 2 is 2.25 bits per heavy atom. The molecule has 0 aliphatic rings. The summed E-state index contributed by atoms with van der Waals surface area (Å²) in [5, 5.41) is 9.25. The van der Waals surface area contributed by atoms with E-state index in [4.69, 9.17) is 4.74 Å². The van der Waals surface area contributed by atoms with Crippen molar-refractivity contribution in [2.45, 2.75) is 6.92 Å². The van der Waals surface area contributed by atoms with Gasteiger partial charge < -0.3 is 9.84 Å². The molecular weight excluding hydrogens is 208 g/mol. The Hall–Kier alpha value is -2.10. The molecule has 0 radical (unpaired) electrons. The van der Waals surface area contributed by atoms with E-state index in [2.05, 4.69) is 0 Å². The van der Waals surface area contributed by atoms with Gasteiger partial charge in [0.2, 0.25) is 0 Å². The van der Waals surface area contributed by atoms with Gasteiger partial charge in [-0.2, -0.15) is 0 Å².